The maximum Gasteiger partial charge on any atom is 0.272 e. The van der Waals surface area contributed by atoms with Gasteiger partial charge in [0, 0.05) is 23.4 Å². The summed E-state index contributed by atoms with van der Waals surface area (Å²) in [5.41, 5.74) is 2.81. The molecule has 7 nitrogen and oxygen atoms in total. The summed E-state index contributed by atoms with van der Waals surface area (Å²) in [6.45, 7) is 4.31. The number of hydrogen-bond donors (Lipinski definition) is 1. The van der Waals surface area contributed by atoms with E-state index in [4.69, 9.17) is 14.2 Å². The lowest BCUT2D eigenvalue weighted by Gasteiger charge is -2.13. The third kappa shape index (κ3) is 3.77. The van der Waals surface area contributed by atoms with Crippen molar-refractivity contribution in [2.24, 2.45) is 5.92 Å². The molecule has 3 aromatic rings. The van der Waals surface area contributed by atoms with Crippen molar-refractivity contribution < 1.29 is 14.2 Å². The lowest BCUT2D eigenvalue weighted by Crippen LogP contribution is -2.15. The number of benzene rings is 1. The van der Waals surface area contributed by atoms with E-state index in [1.807, 2.05) is 18.2 Å². The molecule has 0 unspecified atom stereocenters. The average Bonchev–Trinajstić information content (AvgIpc) is 3.09. The van der Waals surface area contributed by atoms with Crippen LogP contribution >= 0.6 is 0 Å². The summed E-state index contributed by atoms with van der Waals surface area (Å²) < 4.78 is 17.6. The fourth-order valence-corrected chi connectivity index (χ4v) is 2.99. The summed E-state index contributed by atoms with van der Waals surface area (Å²) in [6, 6.07) is 7.10. The highest BCUT2D eigenvalue weighted by Gasteiger charge is 2.16. The average molecular weight is 371 g/mol. The third-order valence-electron chi connectivity index (χ3n) is 4.46. The van der Waals surface area contributed by atoms with Gasteiger partial charge in [-0.2, -0.15) is 0 Å². The van der Waals surface area contributed by atoms with Crippen LogP contribution in [0.5, 0.6) is 17.2 Å². The van der Waals surface area contributed by atoms with Crippen molar-refractivity contribution in [1.29, 1.82) is 0 Å². The van der Waals surface area contributed by atoms with Crippen LogP contribution < -0.4 is 19.8 Å². The number of nitrogens with one attached hydrogen (secondary N) is 1. The van der Waals surface area contributed by atoms with E-state index in [1.165, 1.54) is 4.52 Å². The number of H-pyrrole nitrogens is 1. The topological polar surface area (TPSA) is 77.8 Å². The smallest absolute Gasteiger partial charge is 0.272 e. The van der Waals surface area contributed by atoms with Crippen molar-refractivity contribution in [3.05, 3.63) is 40.3 Å². The SMILES string of the molecule is COc1cc(-c2cc3nc(CCC(C)C)cc(=O)n3[nH]2)cc(OC)c1OC. The zero-order chi connectivity index (χ0) is 19.6. The molecule has 0 atom stereocenters. The molecule has 0 spiro atoms. The number of methoxy groups -OCH3 is 3. The number of hydrogen-bond acceptors (Lipinski definition) is 5. The quantitative estimate of drug-likeness (QED) is 0.689. The van der Waals surface area contributed by atoms with Crippen molar-refractivity contribution in [3.63, 3.8) is 0 Å². The molecule has 0 radical (unpaired) electrons. The largest absolute Gasteiger partial charge is 0.493 e. The highest BCUT2D eigenvalue weighted by atomic mass is 16.5. The van der Waals surface area contributed by atoms with E-state index in [2.05, 4.69) is 23.9 Å². The van der Waals surface area contributed by atoms with E-state index in [-0.39, 0.29) is 5.56 Å². The molecular weight excluding hydrogens is 346 g/mol. The van der Waals surface area contributed by atoms with Crippen molar-refractivity contribution in [1.82, 2.24) is 14.6 Å². The summed E-state index contributed by atoms with van der Waals surface area (Å²) >= 11 is 0. The monoisotopic (exact) mass is 371 g/mol. The van der Waals surface area contributed by atoms with Gasteiger partial charge in [0.1, 0.15) is 0 Å². The molecule has 2 heterocycles. The first-order valence-electron chi connectivity index (χ1n) is 8.89. The lowest BCUT2D eigenvalue weighted by molar-refractivity contribution is 0.324. The standard InChI is InChI=1S/C20H25N3O4/c1-12(2)6-7-14-10-19(24)23-18(21-14)11-15(22-23)13-8-16(25-3)20(27-5)17(9-13)26-4/h8-12,22H,6-7H2,1-5H3. The van der Waals surface area contributed by atoms with Crippen LogP contribution in [-0.4, -0.2) is 35.9 Å². The van der Waals surface area contributed by atoms with Crippen LogP contribution in [0.15, 0.2) is 29.1 Å². The summed E-state index contributed by atoms with van der Waals surface area (Å²) in [6.07, 6.45) is 1.78. The molecule has 1 aromatic carbocycles. The van der Waals surface area contributed by atoms with Crippen molar-refractivity contribution >= 4 is 5.65 Å². The van der Waals surface area contributed by atoms with E-state index >= 15 is 0 Å². The van der Waals surface area contributed by atoms with Gasteiger partial charge in [0.05, 0.1) is 27.0 Å². The normalized spacial score (nSPS) is 11.2. The Balaban J connectivity index is 2.07. The van der Waals surface area contributed by atoms with Gasteiger partial charge in [-0.3, -0.25) is 9.89 Å². The second kappa shape index (κ2) is 7.73. The zero-order valence-electron chi connectivity index (χ0n) is 16.3. The van der Waals surface area contributed by atoms with E-state index < -0.39 is 0 Å². The van der Waals surface area contributed by atoms with Gasteiger partial charge in [-0.1, -0.05) is 13.8 Å². The highest BCUT2D eigenvalue weighted by molar-refractivity contribution is 5.71. The number of fused-ring (bicyclic) bond motifs is 1. The summed E-state index contributed by atoms with van der Waals surface area (Å²) in [7, 11) is 4.70. The number of nitrogens with zero attached hydrogens (tertiary/aromatic N) is 2. The molecule has 7 heteroatoms. The molecular formula is C20H25N3O4. The molecule has 0 amide bonds. The van der Waals surface area contributed by atoms with Gasteiger partial charge in [-0.15, -0.1) is 0 Å². The molecule has 1 N–H and O–H groups in total. The fourth-order valence-electron chi connectivity index (χ4n) is 2.99. The second-order valence-corrected chi connectivity index (χ2v) is 6.80. The van der Waals surface area contributed by atoms with Crippen LogP contribution in [0, 0.1) is 5.92 Å². The fraction of sp³-hybridized carbons (Fsp3) is 0.400. The van der Waals surface area contributed by atoms with Gasteiger partial charge in [-0.25, -0.2) is 9.50 Å². The molecule has 0 saturated carbocycles. The van der Waals surface area contributed by atoms with E-state index in [1.54, 1.807) is 27.4 Å². The summed E-state index contributed by atoms with van der Waals surface area (Å²) in [5.74, 6) is 2.17. The third-order valence-corrected chi connectivity index (χ3v) is 4.46. The van der Waals surface area contributed by atoms with Crippen LogP contribution in [0.1, 0.15) is 26.0 Å². The second-order valence-electron chi connectivity index (χ2n) is 6.80. The van der Waals surface area contributed by atoms with Gasteiger partial charge in [0.2, 0.25) is 5.75 Å². The zero-order valence-corrected chi connectivity index (χ0v) is 16.3. The van der Waals surface area contributed by atoms with Crippen molar-refractivity contribution in [3.8, 4) is 28.5 Å². The van der Waals surface area contributed by atoms with Gasteiger partial charge in [-0.05, 0) is 30.9 Å². The Labute approximate surface area is 157 Å². The lowest BCUT2D eigenvalue weighted by atomic mass is 10.1. The first kappa shape index (κ1) is 18.8. The van der Waals surface area contributed by atoms with Crippen LogP contribution in [0.4, 0.5) is 0 Å². The van der Waals surface area contributed by atoms with Crippen LogP contribution in [0.3, 0.4) is 0 Å². The van der Waals surface area contributed by atoms with Crippen LogP contribution in [0.2, 0.25) is 0 Å². The van der Waals surface area contributed by atoms with Crippen LogP contribution in [-0.2, 0) is 6.42 Å². The maximum absolute atomic E-state index is 12.5. The molecule has 0 bridgehead atoms. The molecule has 27 heavy (non-hydrogen) atoms. The molecule has 0 fully saturated rings. The first-order chi connectivity index (χ1) is 13.0. The first-order valence-corrected chi connectivity index (χ1v) is 8.89. The molecule has 2 aromatic heterocycles. The number of ether oxygens (including phenoxy) is 3. The Morgan fingerprint density at radius 3 is 2.26 bits per heavy atom. The minimum atomic E-state index is -0.127. The number of rotatable bonds is 7. The predicted octanol–water partition coefficient (Wildman–Crippen LogP) is 3.30. The Morgan fingerprint density at radius 1 is 1.04 bits per heavy atom. The van der Waals surface area contributed by atoms with Gasteiger partial charge in [0.25, 0.3) is 5.56 Å². The highest BCUT2D eigenvalue weighted by Crippen LogP contribution is 2.40. The number of aryl methyl sites for hydroxylation is 1. The van der Waals surface area contributed by atoms with Gasteiger partial charge in [0.15, 0.2) is 17.1 Å². The van der Waals surface area contributed by atoms with Crippen LogP contribution in [0.25, 0.3) is 16.9 Å². The Kier molecular flexibility index (Phi) is 5.39. The Hall–Kier alpha value is -2.96. The van der Waals surface area contributed by atoms with E-state index in [9.17, 15) is 4.79 Å². The molecule has 0 aliphatic carbocycles. The van der Waals surface area contributed by atoms with Gasteiger partial charge < -0.3 is 14.2 Å². The maximum atomic E-state index is 12.5. The van der Waals surface area contributed by atoms with E-state index in [0.29, 0.717) is 28.8 Å². The molecule has 0 aliphatic rings. The van der Waals surface area contributed by atoms with E-state index in [0.717, 1.165) is 29.8 Å². The van der Waals surface area contributed by atoms with Gasteiger partial charge >= 0.3 is 0 Å². The molecule has 0 aliphatic heterocycles. The Bertz CT molecular complexity index is 979. The van der Waals surface area contributed by atoms with Crippen molar-refractivity contribution in [2.75, 3.05) is 21.3 Å². The number of aromatic amines is 1. The minimum absolute atomic E-state index is 0.127. The van der Waals surface area contributed by atoms with Crippen molar-refractivity contribution in [2.45, 2.75) is 26.7 Å². The molecule has 144 valence electrons. The predicted molar refractivity (Wildman–Crippen MR) is 104 cm³/mol. The summed E-state index contributed by atoms with van der Waals surface area (Å²) in [4.78, 5) is 17.1. The molecule has 0 saturated heterocycles. The summed E-state index contributed by atoms with van der Waals surface area (Å²) in [5, 5.41) is 3.10. The Morgan fingerprint density at radius 2 is 1.70 bits per heavy atom. The molecule has 3 rings (SSSR count). The minimum Gasteiger partial charge on any atom is -0.493 e. The number of aromatic nitrogens is 3.